The van der Waals surface area contributed by atoms with E-state index in [1.54, 1.807) is 0 Å². The molecule has 0 fully saturated rings. The van der Waals surface area contributed by atoms with Gasteiger partial charge in [0, 0.05) is 6.42 Å². The maximum Gasteiger partial charge on any atom is 0.137 e. The van der Waals surface area contributed by atoms with Crippen LogP contribution in [0.2, 0.25) is 5.02 Å². The van der Waals surface area contributed by atoms with E-state index < -0.39 is 0 Å². The molecule has 3 N–H and O–H groups in total. The average molecular weight is 275 g/mol. The number of ether oxygens (including phenoxy) is 1. The van der Waals surface area contributed by atoms with Gasteiger partial charge in [-0.3, -0.25) is 5.41 Å². The van der Waals surface area contributed by atoms with Crippen LogP contribution in [-0.4, -0.2) is 12.4 Å². The molecule has 0 aromatic heterocycles. The fourth-order valence-corrected chi connectivity index (χ4v) is 1.93. The van der Waals surface area contributed by atoms with E-state index in [1.807, 2.05) is 48.5 Å². The van der Waals surface area contributed by atoms with Crippen LogP contribution in [-0.2, 0) is 0 Å². The molecular formula is C15H15ClN2O. The monoisotopic (exact) mass is 274 g/mol. The van der Waals surface area contributed by atoms with Crippen molar-refractivity contribution in [3.05, 3.63) is 53.6 Å². The van der Waals surface area contributed by atoms with Gasteiger partial charge in [0.1, 0.15) is 5.75 Å². The highest BCUT2D eigenvalue weighted by Gasteiger charge is 2.04. The molecule has 0 saturated carbocycles. The van der Waals surface area contributed by atoms with Crippen LogP contribution in [0.15, 0.2) is 48.5 Å². The van der Waals surface area contributed by atoms with Crippen molar-refractivity contribution in [1.82, 2.24) is 0 Å². The third kappa shape index (κ3) is 3.73. The topological polar surface area (TPSA) is 59.1 Å². The molecule has 4 heteroatoms. The zero-order valence-electron chi connectivity index (χ0n) is 10.4. The standard InChI is InChI=1S/C15H15ClN2O/c16-13-10-12(11-4-2-1-3-5-11)6-7-14(13)19-9-8-15(17)18/h1-7,10H,8-9H2,(H3,17,18). The normalized spacial score (nSPS) is 10.2. The highest BCUT2D eigenvalue weighted by molar-refractivity contribution is 6.32. The maximum atomic E-state index is 7.13. The Bertz CT molecular complexity index is 570. The zero-order valence-corrected chi connectivity index (χ0v) is 11.2. The Hall–Kier alpha value is -2.00. The van der Waals surface area contributed by atoms with Crippen LogP contribution in [0.3, 0.4) is 0 Å². The predicted molar refractivity (Wildman–Crippen MR) is 78.9 cm³/mol. The van der Waals surface area contributed by atoms with Crippen molar-refractivity contribution in [1.29, 1.82) is 5.41 Å². The second-order valence-electron chi connectivity index (χ2n) is 4.13. The number of benzene rings is 2. The smallest absolute Gasteiger partial charge is 0.137 e. The fourth-order valence-electron chi connectivity index (χ4n) is 1.70. The van der Waals surface area contributed by atoms with Crippen molar-refractivity contribution in [2.45, 2.75) is 6.42 Å². The summed E-state index contributed by atoms with van der Waals surface area (Å²) >= 11 is 6.18. The molecule has 19 heavy (non-hydrogen) atoms. The van der Waals surface area contributed by atoms with Crippen molar-refractivity contribution < 1.29 is 4.74 Å². The largest absolute Gasteiger partial charge is 0.492 e. The summed E-state index contributed by atoms with van der Waals surface area (Å²) in [5.74, 6) is 0.722. The lowest BCUT2D eigenvalue weighted by Crippen LogP contribution is -2.13. The molecule has 2 aromatic rings. The van der Waals surface area contributed by atoms with Gasteiger partial charge in [-0.15, -0.1) is 0 Å². The number of nitrogens with two attached hydrogens (primary N) is 1. The van der Waals surface area contributed by atoms with E-state index in [0.29, 0.717) is 23.8 Å². The number of amidine groups is 1. The third-order valence-electron chi connectivity index (χ3n) is 2.67. The Balaban J connectivity index is 2.11. The highest BCUT2D eigenvalue weighted by atomic mass is 35.5. The molecular weight excluding hydrogens is 260 g/mol. The molecule has 0 aliphatic carbocycles. The SMILES string of the molecule is N=C(N)CCOc1ccc(-c2ccccc2)cc1Cl. The van der Waals surface area contributed by atoms with E-state index in [0.717, 1.165) is 11.1 Å². The summed E-state index contributed by atoms with van der Waals surface area (Å²) in [4.78, 5) is 0. The molecule has 2 aromatic carbocycles. The first-order valence-corrected chi connectivity index (χ1v) is 6.35. The molecule has 0 aliphatic heterocycles. The first-order valence-electron chi connectivity index (χ1n) is 5.97. The number of rotatable bonds is 5. The van der Waals surface area contributed by atoms with Gasteiger partial charge in [-0.05, 0) is 23.3 Å². The molecule has 2 rings (SSSR count). The van der Waals surface area contributed by atoms with Crippen LogP contribution < -0.4 is 10.5 Å². The lowest BCUT2D eigenvalue weighted by Gasteiger charge is -2.09. The van der Waals surface area contributed by atoms with Crippen LogP contribution in [0.5, 0.6) is 5.75 Å². The van der Waals surface area contributed by atoms with Crippen LogP contribution in [0.1, 0.15) is 6.42 Å². The number of halogens is 1. The molecule has 0 spiro atoms. The second kappa shape index (κ2) is 6.25. The Morgan fingerprint density at radius 3 is 2.47 bits per heavy atom. The average Bonchev–Trinajstić information content (AvgIpc) is 2.41. The minimum atomic E-state index is 0.108. The lowest BCUT2D eigenvalue weighted by atomic mass is 10.1. The van der Waals surface area contributed by atoms with Crippen molar-refractivity contribution in [2.75, 3.05) is 6.61 Å². The summed E-state index contributed by atoms with van der Waals surface area (Å²) in [6.45, 7) is 0.361. The molecule has 0 saturated heterocycles. The maximum absolute atomic E-state index is 7.13. The lowest BCUT2D eigenvalue weighted by molar-refractivity contribution is 0.329. The summed E-state index contributed by atoms with van der Waals surface area (Å²) in [6.07, 6.45) is 0.400. The summed E-state index contributed by atoms with van der Waals surface area (Å²) in [6, 6.07) is 15.7. The van der Waals surface area contributed by atoms with E-state index in [2.05, 4.69) is 0 Å². The summed E-state index contributed by atoms with van der Waals surface area (Å²) in [5.41, 5.74) is 7.42. The number of nitrogens with one attached hydrogen (secondary N) is 1. The van der Waals surface area contributed by atoms with Crippen LogP contribution in [0, 0.1) is 5.41 Å². The van der Waals surface area contributed by atoms with Crippen LogP contribution in [0.4, 0.5) is 0 Å². The van der Waals surface area contributed by atoms with Crippen molar-refractivity contribution in [3.63, 3.8) is 0 Å². The highest BCUT2D eigenvalue weighted by Crippen LogP contribution is 2.30. The molecule has 0 bridgehead atoms. The molecule has 0 heterocycles. The van der Waals surface area contributed by atoms with Crippen molar-refractivity contribution >= 4 is 17.4 Å². The Kier molecular flexibility index (Phi) is 4.42. The summed E-state index contributed by atoms with van der Waals surface area (Å²) < 4.78 is 5.49. The minimum absolute atomic E-state index is 0.108. The molecule has 0 radical (unpaired) electrons. The van der Waals surface area contributed by atoms with E-state index in [9.17, 15) is 0 Å². The van der Waals surface area contributed by atoms with E-state index in [1.165, 1.54) is 0 Å². The Morgan fingerprint density at radius 2 is 1.84 bits per heavy atom. The van der Waals surface area contributed by atoms with Gasteiger partial charge in [0.15, 0.2) is 0 Å². The second-order valence-corrected chi connectivity index (χ2v) is 4.54. The number of hydrogen-bond donors (Lipinski definition) is 2. The molecule has 0 amide bonds. The first-order chi connectivity index (χ1) is 9.16. The third-order valence-corrected chi connectivity index (χ3v) is 2.96. The van der Waals surface area contributed by atoms with Gasteiger partial charge in [0.25, 0.3) is 0 Å². The predicted octanol–water partition coefficient (Wildman–Crippen LogP) is 3.71. The van der Waals surface area contributed by atoms with Gasteiger partial charge >= 0.3 is 0 Å². The molecule has 98 valence electrons. The van der Waals surface area contributed by atoms with E-state index in [4.69, 9.17) is 27.5 Å². The molecule has 3 nitrogen and oxygen atoms in total. The quantitative estimate of drug-likeness (QED) is 0.645. The van der Waals surface area contributed by atoms with Gasteiger partial charge in [-0.1, -0.05) is 48.0 Å². The minimum Gasteiger partial charge on any atom is -0.492 e. The zero-order chi connectivity index (χ0) is 13.7. The van der Waals surface area contributed by atoms with Gasteiger partial charge in [-0.25, -0.2) is 0 Å². The van der Waals surface area contributed by atoms with E-state index >= 15 is 0 Å². The van der Waals surface area contributed by atoms with Crippen molar-refractivity contribution in [2.24, 2.45) is 5.73 Å². The Morgan fingerprint density at radius 1 is 1.11 bits per heavy atom. The van der Waals surface area contributed by atoms with Gasteiger partial charge in [0.05, 0.1) is 17.5 Å². The summed E-state index contributed by atoms with van der Waals surface area (Å²) in [5, 5.41) is 7.69. The van der Waals surface area contributed by atoms with Gasteiger partial charge in [-0.2, -0.15) is 0 Å². The van der Waals surface area contributed by atoms with E-state index in [-0.39, 0.29) is 5.84 Å². The van der Waals surface area contributed by atoms with Crippen LogP contribution in [0.25, 0.3) is 11.1 Å². The van der Waals surface area contributed by atoms with Crippen LogP contribution >= 0.6 is 11.6 Å². The number of hydrogen-bond acceptors (Lipinski definition) is 2. The molecule has 0 unspecified atom stereocenters. The van der Waals surface area contributed by atoms with Gasteiger partial charge < -0.3 is 10.5 Å². The molecule has 0 aliphatic rings. The Labute approximate surface area is 117 Å². The molecule has 0 atom stereocenters. The fraction of sp³-hybridized carbons (Fsp3) is 0.133. The van der Waals surface area contributed by atoms with Gasteiger partial charge in [0.2, 0.25) is 0 Å². The summed E-state index contributed by atoms with van der Waals surface area (Å²) in [7, 11) is 0. The van der Waals surface area contributed by atoms with Crippen molar-refractivity contribution in [3.8, 4) is 16.9 Å². The first kappa shape index (κ1) is 13.4.